The van der Waals surface area contributed by atoms with Crippen LogP contribution in [0.5, 0.6) is 0 Å². The minimum absolute atomic E-state index is 0.0510. The molecule has 0 radical (unpaired) electrons. The largest absolute Gasteiger partial charge is 0.390 e. The summed E-state index contributed by atoms with van der Waals surface area (Å²) >= 11 is 0. The van der Waals surface area contributed by atoms with Gasteiger partial charge in [-0.05, 0) is 13.0 Å². The van der Waals surface area contributed by atoms with Crippen LogP contribution in [0.1, 0.15) is 18.4 Å². The molecule has 0 unspecified atom stereocenters. The van der Waals surface area contributed by atoms with Crippen LogP contribution < -0.4 is 4.72 Å². The molecule has 0 aliphatic carbocycles. The van der Waals surface area contributed by atoms with E-state index in [-0.39, 0.29) is 23.9 Å². The summed E-state index contributed by atoms with van der Waals surface area (Å²) in [4.78, 5) is 0.0990. The molecule has 19 heavy (non-hydrogen) atoms. The van der Waals surface area contributed by atoms with Crippen molar-refractivity contribution >= 4 is 10.0 Å². The van der Waals surface area contributed by atoms with Gasteiger partial charge in [-0.3, -0.25) is 0 Å². The van der Waals surface area contributed by atoms with E-state index in [0.717, 1.165) is 0 Å². The number of aliphatic hydroxyl groups excluding tert-OH is 1. The van der Waals surface area contributed by atoms with Crippen molar-refractivity contribution in [3.63, 3.8) is 0 Å². The van der Waals surface area contributed by atoms with Crippen LogP contribution in [0.25, 0.3) is 0 Å². The number of aromatic nitrogens is 5. The number of tetrazole rings is 1. The predicted molar refractivity (Wildman–Crippen MR) is 64.2 cm³/mol. The summed E-state index contributed by atoms with van der Waals surface area (Å²) in [6, 6.07) is 1.43. The average Bonchev–Trinajstić information content (AvgIpc) is 3.05. The van der Waals surface area contributed by atoms with Gasteiger partial charge >= 0.3 is 0 Å². The van der Waals surface area contributed by atoms with Gasteiger partial charge in [0.05, 0.1) is 18.0 Å². The molecule has 0 bridgehead atoms. The molecule has 10 heteroatoms. The highest BCUT2D eigenvalue weighted by Crippen LogP contribution is 2.14. The van der Waals surface area contributed by atoms with Gasteiger partial charge in [-0.25, -0.2) is 13.1 Å². The number of aromatic amines is 1. The van der Waals surface area contributed by atoms with Gasteiger partial charge in [-0.1, -0.05) is 5.21 Å². The van der Waals surface area contributed by atoms with E-state index >= 15 is 0 Å². The van der Waals surface area contributed by atoms with Crippen molar-refractivity contribution in [3.05, 3.63) is 23.8 Å². The summed E-state index contributed by atoms with van der Waals surface area (Å²) in [7, 11) is -3.66. The number of H-pyrrole nitrogens is 1. The lowest BCUT2D eigenvalue weighted by atomic mass is 10.4. The molecule has 0 aliphatic rings. The van der Waals surface area contributed by atoms with E-state index in [2.05, 4.69) is 25.3 Å². The van der Waals surface area contributed by atoms with E-state index < -0.39 is 10.0 Å². The van der Waals surface area contributed by atoms with Gasteiger partial charge in [0.25, 0.3) is 0 Å². The summed E-state index contributed by atoms with van der Waals surface area (Å²) in [6.07, 6.45) is 1.48. The first-order chi connectivity index (χ1) is 9.06. The van der Waals surface area contributed by atoms with Crippen molar-refractivity contribution in [2.45, 2.75) is 31.5 Å². The molecule has 2 aromatic heterocycles. The van der Waals surface area contributed by atoms with E-state index in [9.17, 15) is 8.42 Å². The van der Waals surface area contributed by atoms with Crippen molar-refractivity contribution in [2.75, 3.05) is 0 Å². The molecule has 2 heterocycles. The normalized spacial score (nSPS) is 11.9. The molecule has 0 amide bonds. The Labute approximate surface area is 109 Å². The fourth-order valence-electron chi connectivity index (χ4n) is 1.60. The van der Waals surface area contributed by atoms with Crippen molar-refractivity contribution in [1.82, 2.24) is 29.9 Å². The van der Waals surface area contributed by atoms with Crippen LogP contribution in [0.15, 0.2) is 17.2 Å². The highest BCUT2D eigenvalue weighted by atomic mass is 32.2. The Morgan fingerprint density at radius 2 is 2.32 bits per heavy atom. The van der Waals surface area contributed by atoms with Gasteiger partial charge in [0.2, 0.25) is 10.0 Å². The van der Waals surface area contributed by atoms with Gasteiger partial charge in [-0.2, -0.15) is 5.21 Å². The first-order valence-electron chi connectivity index (χ1n) is 5.58. The molecule has 2 aromatic rings. The predicted octanol–water partition coefficient (Wildman–Crippen LogP) is -1.01. The van der Waals surface area contributed by atoms with Crippen molar-refractivity contribution < 1.29 is 13.5 Å². The highest BCUT2D eigenvalue weighted by Gasteiger charge is 2.18. The third kappa shape index (κ3) is 2.97. The summed E-state index contributed by atoms with van der Waals surface area (Å²) in [6.45, 7) is 2.18. The smallest absolute Gasteiger partial charge is 0.242 e. The van der Waals surface area contributed by atoms with Gasteiger partial charge in [0, 0.05) is 18.4 Å². The molecule has 2 rings (SSSR count). The Bertz CT molecular complexity index is 611. The average molecular weight is 286 g/mol. The highest BCUT2D eigenvalue weighted by molar-refractivity contribution is 7.89. The molecule has 104 valence electrons. The zero-order valence-electron chi connectivity index (χ0n) is 10.2. The number of nitrogens with one attached hydrogen (secondary N) is 2. The molecule has 0 saturated carbocycles. The van der Waals surface area contributed by atoms with E-state index in [1.807, 2.05) is 6.92 Å². The third-order valence-electron chi connectivity index (χ3n) is 2.58. The van der Waals surface area contributed by atoms with Crippen molar-refractivity contribution in [3.8, 4) is 0 Å². The molecular weight excluding hydrogens is 272 g/mol. The van der Waals surface area contributed by atoms with E-state index in [4.69, 9.17) is 5.11 Å². The van der Waals surface area contributed by atoms with Crippen molar-refractivity contribution in [1.29, 1.82) is 0 Å². The maximum Gasteiger partial charge on any atom is 0.242 e. The molecule has 3 N–H and O–H groups in total. The lowest BCUT2D eigenvalue weighted by Gasteiger charge is -2.02. The third-order valence-corrected chi connectivity index (χ3v) is 3.95. The Balaban J connectivity index is 2.17. The zero-order chi connectivity index (χ0) is 13.9. The van der Waals surface area contributed by atoms with Gasteiger partial charge in [0.15, 0.2) is 5.82 Å². The lowest BCUT2D eigenvalue weighted by Crippen LogP contribution is -2.23. The molecule has 0 saturated heterocycles. The molecular formula is C9H14N6O3S. The number of sulfonamides is 1. The molecule has 0 fully saturated rings. The van der Waals surface area contributed by atoms with Crippen LogP contribution in [0, 0.1) is 0 Å². The second-order valence-electron chi connectivity index (χ2n) is 3.76. The summed E-state index contributed by atoms with van der Waals surface area (Å²) < 4.78 is 28.1. The number of aryl methyl sites for hydroxylation is 1. The Morgan fingerprint density at radius 1 is 1.53 bits per heavy atom. The second kappa shape index (κ2) is 5.47. The Kier molecular flexibility index (Phi) is 3.93. The monoisotopic (exact) mass is 286 g/mol. The Hall–Kier alpha value is -1.78. The SMILES string of the molecule is CCn1cc(S(=O)(=O)NCc2nn[nH]n2)cc1CO. The summed E-state index contributed by atoms with van der Waals surface area (Å²) in [5, 5.41) is 22.0. The number of hydrogen-bond acceptors (Lipinski definition) is 6. The quantitative estimate of drug-likeness (QED) is 0.625. The summed E-state index contributed by atoms with van der Waals surface area (Å²) in [5.74, 6) is 0.251. The van der Waals surface area contributed by atoms with Crippen LogP contribution in [-0.2, 0) is 29.7 Å². The first-order valence-corrected chi connectivity index (χ1v) is 7.07. The Morgan fingerprint density at radius 3 is 2.84 bits per heavy atom. The molecule has 0 aromatic carbocycles. The van der Waals surface area contributed by atoms with Crippen LogP contribution in [0.3, 0.4) is 0 Å². The number of aliphatic hydroxyl groups is 1. The van der Waals surface area contributed by atoms with E-state index in [0.29, 0.717) is 12.2 Å². The lowest BCUT2D eigenvalue weighted by molar-refractivity contribution is 0.271. The first kappa shape index (κ1) is 13.6. The minimum atomic E-state index is -3.66. The van der Waals surface area contributed by atoms with Gasteiger partial charge < -0.3 is 9.67 Å². The molecule has 0 aliphatic heterocycles. The molecule has 0 atom stereocenters. The van der Waals surface area contributed by atoms with Gasteiger partial charge in [-0.15, -0.1) is 10.2 Å². The minimum Gasteiger partial charge on any atom is -0.390 e. The topological polar surface area (TPSA) is 126 Å². The summed E-state index contributed by atoms with van der Waals surface area (Å²) in [5.41, 5.74) is 0.544. The van der Waals surface area contributed by atoms with Gasteiger partial charge in [0.1, 0.15) is 0 Å². The van der Waals surface area contributed by atoms with Crippen LogP contribution in [0.2, 0.25) is 0 Å². The van der Waals surface area contributed by atoms with Crippen LogP contribution >= 0.6 is 0 Å². The van der Waals surface area contributed by atoms with Crippen molar-refractivity contribution in [2.24, 2.45) is 0 Å². The number of rotatable bonds is 6. The number of hydrogen-bond donors (Lipinski definition) is 3. The van der Waals surface area contributed by atoms with E-state index in [1.165, 1.54) is 12.3 Å². The standard InChI is InChI=1S/C9H14N6O3S/c1-2-15-5-8(3-7(15)6-16)19(17,18)10-4-9-11-13-14-12-9/h3,5,10,16H,2,4,6H2,1H3,(H,11,12,13,14). The fourth-order valence-corrected chi connectivity index (χ4v) is 2.64. The zero-order valence-corrected chi connectivity index (χ0v) is 11.1. The van der Waals surface area contributed by atoms with Crippen LogP contribution in [-0.4, -0.2) is 38.7 Å². The fraction of sp³-hybridized carbons (Fsp3) is 0.444. The molecule has 9 nitrogen and oxygen atoms in total. The maximum atomic E-state index is 12.0. The maximum absolute atomic E-state index is 12.0. The molecule has 0 spiro atoms. The van der Waals surface area contributed by atoms with Crippen LogP contribution in [0.4, 0.5) is 0 Å². The second-order valence-corrected chi connectivity index (χ2v) is 5.53. The van der Waals surface area contributed by atoms with E-state index in [1.54, 1.807) is 4.57 Å². The number of nitrogens with zero attached hydrogens (tertiary/aromatic N) is 4.